The maximum absolute atomic E-state index is 13.5. The lowest BCUT2D eigenvalue weighted by atomic mass is 9.87. The predicted molar refractivity (Wildman–Crippen MR) is 112 cm³/mol. The third kappa shape index (κ3) is 3.19. The number of nitrogens with zero attached hydrogens (tertiary/aromatic N) is 1. The second-order valence-corrected chi connectivity index (χ2v) is 8.12. The van der Waals surface area contributed by atoms with Crippen LogP contribution in [0.1, 0.15) is 39.5 Å². The summed E-state index contributed by atoms with van der Waals surface area (Å²) in [5.74, 6) is 2.14. The zero-order valence-electron chi connectivity index (χ0n) is 16.2. The first-order valence-electron chi connectivity index (χ1n) is 10.1. The van der Waals surface area contributed by atoms with Crippen LogP contribution < -0.4 is 10.1 Å². The molecule has 28 heavy (non-hydrogen) atoms. The molecule has 3 heterocycles. The highest BCUT2D eigenvalue weighted by Crippen LogP contribution is 2.44. The molecule has 0 aromatic heterocycles. The molecule has 5 heteroatoms. The van der Waals surface area contributed by atoms with E-state index in [1.807, 2.05) is 12.1 Å². The Hall–Kier alpha value is -2.04. The fraction of sp³-hybridized carbons (Fsp3) is 0.435. The minimum atomic E-state index is 0. The highest BCUT2D eigenvalue weighted by atomic mass is 35.5. The van der Waals surface area contributed by atoms with Gasteiger partial charge in [-0.05, 0) is 60.6 Å². The van der Waals surface area contributed by atoms with Crippen molar-refractivity contribution in [2.24, 2.45) is 11.8 Å². The van der Waals surface area contributed by atoms with E-state index in [0.717, 1.165) is 50.4 Å². The van der Waals surface area contributed by atoms with Gasteiger partial charge in [-0.25, -0.2) is 0 Å². The molecule has 3 aliphatic heterocycles. The van der Waals surface area contributed by atoms with Crippen molar-refractivity contribution in [3.8, 4) is 5.75 Å². The van der Waals surface area contributed by atoms with Gasteiger partial charge in [-0.3, -0.25) is 4.79 Å². The second-order valence-electron chi connectivity index (χ2n) is 8.12. The number of halogens is 1. The number of amides is 1. The Morgan fingerprint density at radius 3 is 2.89 bits per heavy atom. The fourth-order valence-corrected chi connectivity index (χ4v) is 5.11. The number of hydrogen-bond donors (Lipinski definition) is 1. The molecule has 0 bridgehead atoms. The number of rotatable bonds is 2. The van der Waals surface area contributed by atoms with E-state index in [1.165, 1.54) is 16.7 Å². The van der Waals surface area contributed by atoms with E-state index in [9.17, 15) is 4.79 Å². The SMILES string of the molecule is Cc1ccccc1[C@@H]1[C@H]2CNC[C@H]2CN1C(=O)c1ccc2c(c1)CCCO2.Cl. The van der Waals surface area contributed by atoms with Crippen molar-refractivity contribution in [3.63, 3.8) is 0 Å². The number of carbonyl (C=O) groups excluding carboxylic acids is 1. The van der Waals surface area contributed by atoms with Gasteiger partial charge >= 0.3 is 0 Å². The van der Waals surface area contributed by atoms with Crippen LogP contribution in [0.15, 0.2) is 42.5 Å². The van der Waals surface area contributed by atoms with Crippen molar-refractivity contribution in [2.45, 2.75) is 25.8 Å². The maximum Gasteiger partial charge on any atom is 0.254 e. The van der Waals surface area contributed by atoms with Gasteiger partial charge < -0.3 is 15.0 Å². The molecule has 0 radical (unpaired) electrons. The molecule has 5 rings (SSSR count). The van der Waals surface area contributed by atoms with Gasteiger partial charge in [0.1, 0.15) is 5.75 Å². The molecule has 0 saturated carbocycles. The summed E-state index contributed by atoms with van der Waals surface area (Å²) in [6.45, 7) is 5.77. The Balaban J connectivity index is 0.00000192. The Bertz CT molecular complexity index is 885. The molecule has 1 N–H and O–H groups in total. The minimum absolute atomic E-state index is 0. The van der Waals surface area contributed by atoms with E-state index >= 15 is 0 Å². The van der Waals surface area contributed by atoms with Gasteiger partial charge in [0.25, 0.3) is 5.91 Å². The molecule has 3 atom stereocenters. The number of aryl methyl sites for hydroxylation is 2. The highest BCUT2D eigenvalue weighted by molar-refractivity contribution is 5.95. The topological polar surface area (TPSA) is 41.6 Å². The van der Waals surface area contributed by atoms with Crippen LogP contribution in [0.2, 0.25) is 0 Å². The van der Waals surface area contributed by atoms with Gasteiger partial charge in [0.2, 0.25) is 0 Å². The Morgan fingerprint density at radius 1 is 1.18 bits per heavy atom. The van der Waals surface area contributed by atoms with Crippen molar-refractivity contribution in [1.82, 2.24) is 10.2 Å². The molecule has 2 saturated heterocycles. The van der Waals surface area contributed by atoms with E-state index < -0.39 is 0 Å². The molecule has 0 aliphatic carbocycles. The van der Waals surface area contributed by atoms with E-state index in [-0.39, 0.29) is 24.4 Å². The minimum Gasteiger partial charge on any atom is -0.493 e. The van der Waals surface area contributed by atoms with Crippen LogP contribution in [0, 0.1) is 18.8 Å². The van der Waals surface area contributed by atoms with Crippen molar-refractivity contribution >= 4 is 18.3 Å². The fourth-order valence-electron chi connectivity index (χ4n) is 5.11. The third-order valence-electron chi connectivity index (χ3n) is 6.49. The van der Waals surface area contributed by atoms with Crippen LogP contribution in [0.25, 0.3) is 0 Å². The van der Waals surface area contributed by atoms with E-state index in [0.29, 0.717) is 11.8 Å². The number of ether oxygens (including phenoxy) is 1. The number of hydrogen-bond acceptors (Lipinski definition) is 3. The summed E-state index contributed by atoms with van der Waals surface area (Å²) in [6, 6.07) is 14.6. The molecular weight excluding hydrogens is 372 g/mol. The first-order chi connectivity index (χ1) is 13.2. The van der Waals surface area contributed by atoms with Crippen LogP contribution in [0.3, 0.4) is 0 Å². The lowest BCUT2D eigenvalue weighted by Crippen LogP contribution is -2.35. The summed E-state index contributed by atoms with van der Waals surface area (Å²) in [4.78, 5) is 15.7. The van der Waals surface area contributed by atoms with Crippen LogP contribution >= 0.6 is 12.4 Å². The molecule has 0 unspecified atom stereocenters. The quantitative estimate of drug-likeness (QED) is 0.837. The summed E-state index contributed by atoms with van der Waals surface area (Å²) in [5, 5.41) is 3.53. The molecule has 148 valence electrons. The van der Waals surface area contributed by atoms with E-state index in [2.05, 4.69) is 47.5 Å². The molecule has 1 amide bonds. The van der Waals surface area contributed by atoms with Crippen LogP contribution in [-0.4, -0.2) is 37.0 Å². The number of benzene rings is 2. The van der Waals surface area contributed by atoms with Gasteiger partial charge in [-0.2, -0.15) is 0 Å². The summed E-state index contributed by atoms with van der Waals surface area (Å²) >= 11 is 0. The van der Waals surface area contributed by atoms with Gasteiger partial charge in [-0.15, -0.1) is 12.4 Å². The molecule has 2 aromatic carbocycles. The molecule has 3 aliphatic rings. The number of fused-ring (bicyclic) bond motifs is 2. The summed E-state index contributed by atoms with van der Waals surface area (Å²) in [6.07, 6.45) is 2.02. The van der Waals surface area contributed by atoms with Crippen molar-refractivity contribution in [2.75, 3.05) is 26.2 Å². The largest absolute Gasteiger partial charge is 0.493 e. The normalized spacial score (nSPS) is 25.5. The van der Waals surface area contributed by atoms with Gasteiger partial charge in [0.05, 0.1) is 12.6 Å². The number of likely N-dealkylation sites (tertiary alicyclic amines) is 1. The standard InChI is InChI=1S/C23H26N2O2.ClH/c1-15-5-2-3-7-19(15)22-20-13-24-12-18(20)14-25(22)23(26)17-8-9-21-16(11-17)6-4-10-27-21;/h2-3,5,7-9,11,18,20,22,24H,4,6,10,12-14H2,1H3;1H/t18-,20-,22+;/m0./s1. The second kappa shape index (κ2) is 7.76. The van der Waals surface area contributed by atoms with Crippen LogP contribution in [-0.2, 0) is 6.42 Å². The Labute approximate surface area is 172 Å². The predicted octanol–water partition coefficient (Wildman–Crippen LogP) is 3.77. The monoisotopic (exact) mass is 398 g/mol. The Morgan fingerprint density at radius 2 is 2.04 bits per heavy atom. The smallest absolute Gasteiger partial charge is 0.254 e. The first kappa shape index (κ1) is 19.3. The summed E-state index contributed by atoms with van der Waals surface area (Å²) in [7, 11) is 0. The number of nitrogens with one attached hydrogen (secondary N) is 1. The summed E-state index contributed by atoms with van der Waals surface area (Å²) < 4.78 is 5.72. The maximum atomic E-state index is 13.5. The van der Waals surface area contributed by atoms with Crippen molar-refractivity contribution in [1.29, 1.82) is 0 Å². The van der Waals surface area contributed by atoms with E-state index in [1.54, 1.807) is 0 Å². The molecule has 2 aromatic rings. The third-order valence-corrected chi connectivity index (χ3v) is 6.49. The van der Waals surface area contributed by atoms with Gasteiger partial charge in [-0.1, -0.05) is 24.3 Å². The number of carbonyl (C=O) groups is 1. The molecule has 0 spiro atoms. The van der Waals surface area contributed by atoms with Crippen molar-refractivity contribution < 1.29 is 9.53 Å². The average Bonchev–Trinajstić information content (AvgIpc) is 3.29. The van der Waals surface area contributed by atoms with Crippen LogP contribution in [0.5, 0.6) is 5.75 Å². The van der Waals surface area contributed by atoms with Crippen molar-refractivity contribution in [3.05, 3.63) is 64.7 Å². The molecule has 2 fully saturated rings. The lowest BCUT2D eigenvalue weighted by Gasteiger charge is -2.30. The highest BCUT2D eigenvalue weighted by Gasteiger charge is 2.47. The average molecular weight is 399 g/mol. The van der Waals surface area contributed by atoms with Gasteiger partial charge in [0, 0.05) is 31.1 Å². The van der Waals surface area contributed by atoms with Gasteiger partial charge in [0.15, 0.2) is 0 Å². The first-order valence-corrected chi connectivity index (χ1v) is 10.1. The van der Waals surface area contributed by atoms with E-state index in [4.69, 9.17) is 4.74 Å². The zero-order chi connectivity index (χ0) is 18.4. The lowest BCUT2D eigenvalue weighted by molar-refractivity contribution is 0.0713. The zero-order valence-corrected chi connectivity index (χ0v) is 17.0. The Kier molecular flexibility index (Phi) is 5.35. The van der Waals surface area contributed by atoms with Crippen LogP contribution in [0.4, 0.5) is 0 Å². The summed E-state index contributed by atoms with van der Waals surface area (Å²) in [5.41, 5.74) is 4.53. The molecular formula is C23H27ClN2O2. The molecule has 4 nitrogen and oxygen atoms in total.